The lowest BCUT2D eigenvalue weighted by molar-refractivity contribution is -0.123. The minimum absolute atomic E-state index is 0.103. The number of carbonyl (C=O) groups excluding carboxylic acids is 1. The number of carbonyl (C=O) groups is 1. The van der Waals surface area contributed by atoms with Crippen LogP contribution in [0.15, 0.2) is 24.3 Å². The predicted octanol–water partition coefficient (Wildman–Crippen LogP) is 2.00. The summed E-state index contributed by atoms with van der Waals surface area (Å²) in [6.07, 6.45) is 0.232. The number of ether oxygens (including phenoxy) is 1. The topological polar surface area (TPSA) is 58.6 Å². The number of aliphatic hydroxyl groups excluding tert-OH is 1. The van der Waals surface area contributed by atoms with Crippen molar-refractivity contribution < 1.29 is 14.6 Å². The van der Waals surface area contributed by atoms with E-state index in [1.54, 1.807) is 38.1 Å². The zero-order valence-electron chi connectivity index (χ0n) is 10.6. The molecule has 0 aliphatic rings. The minimum Gasteiger partial charge on any atom is -0.493 e. The highest BCUT2D eigenvalue weighted by atomic mass is 35.5. The average molecular weight is 272 g/mol. The molecule has 0 fully saturated rings. The van der Waals surface area contributed by atoms with Crippen LogP contribution in [0.3, 0.4) is 0 Å². The monoisotopic (exact) mass is 271 g/mol. The van der Waals surface area contributed by atoms with Gasteiger partial charge in [-0.2, -0.15) is 0 Å². The largest absolute Gasteiger partial charge is 0.493 e. The Morgan fingerprint density at radius 1 is 1.50 bits per heavy atom. The normalized spacial score (nSPS) is 11.1. The van der Waals surface area contributed by atoms with Crippen LogP contribution in [0.2, 0.25) is 5.02 Å². The molecule has 5 heteroatoms. The molecule has 0 radical (unpaired) electrons. The lowest BCUT2D eigenvalue weighted by Gasteiger charge is -2.23. The molecule has 1 rings (SSSR count). The number of aliphatic hydroxyl groups is 1. The molecule has 0 heterocycles. The molecule has 100 valence electrons. The van der Waals surface area contributed by atoms with Gasteiger partial charge in [-0.3, -0.25) is 4.79 Å². The van der Waals surface area contributed by atoms with Crippen LogP contribution in [0.25, 0.3) is 0 Å². The Morgan fingerprint density at radius 2 is 2.22 bits per heavy atom. The highest BCUT2D eigenvalue weighted by molar-refractivity contribution is 6.30. The summed E-state index contributed by atoms with van der Waals surface area (Å²) in [4.78, 5) is 11.5. The van der Waals surface area contributed by atoms with Gasteiger partial charge < -0.3 is 15.2 Å². The molecular formula is C13H18ClNO3. The van der Waals surface area contributed by atoms with Crippen molar-refractivity contribution in [3.63, 3.8) is 0 Å². The van der Waals surface area contributed by atoms with E-state index < -0.39 is 5.54 Å². The van der Waals surface area contributed by atoms with E-state index in [9.17, 15) is 4.79 Å². The van der Waals surface area contributed by atoms with Gasteiger partial charge in [0.2, 0.25) is 5.91 Å². The summed E-state index contributed by atoms with van der Waals surface area (Å²) in [5.74, 6) is 0.479. The number of hydrogen-bond acceptors (Lipinski definition) is 3. The van der Waals surface area contributed by atoms with Crippen LogP contribution in [0.5, 0.6) is 5.75 Å². The van der Waals surface area contributed by atoms with Gasteiger partial charge in [0, 0.05) is 5.02 Å². The average Bonchev–Trinajstić information content (AvgIpc) is 2.28. The maximum Gasteiger partial charge on any atom is 0.223 e. The lowest BCUT2D eigenvalue weighted by atomic mass is 10.1. The van der Waals surface area contributed by atoms with Crippen LogP contribution < -0.4 is 10.1 Å². The summed E-state index contributed by atoms with van der Waals surface area (Å²) >= 11 is 5.81. The van der Waals surface area contributed by atoms with Gasteiger partial charge >= 0.3 is 0 Å². The van der Waals surface area contributed by atoms with Crippen molar-refractivity contribution in [2.45, 2.75) is 25.8 Å². The molecule has 0 aliphatic heterocycles. The predicted molar refractivity (Wildman–Crippen MR) is 70.9 cm³/mol. The minimum atomic E-state index is -0.604. The fourth-order valence-electron chi connectivity index (χ4n) is 1.30. The Kier molecular flexibility index (Phi) is 5.44. The van der Waals surface area contributed by atoms with Gasteiger partial charge in [0.1, 0.15) is 5.75 Å². The van der Waals surface area contributed by atoms with Crippen molar-refractivity contribution in [3.05, 3.63) is 29.3 Å². The molecule has 0 atom stereocenters. The second kappa shape index (κ2) is 6.61. The summed E-state index contributed by atoms with van der Waals surface area (Å²) in [5, 5.41) is 12.3. The maximum atomic E-state index is 11.5. The van der Waals surface area contributed by atoms with Gasteiger partial charge in [0.05, 0.1) is 25.2 Å². The van der Waals surface area contributed by atoms with E-state index >= 15 is 0 Å². The van der Waals surface area contributed by atoms with E-state index in [2.05, 4.69) is 5.32 Å². The van der Waals surface area contributed by atoms with Gasteiger partial charge in [-0.15, -0.1) is 0 Å². The Balaban J connectivity index is 2.32. The van der Waals surface area contributed by atoms with Crippen molar-refractivity contribution in [1.82, 2.24) is 5.32 Å². The number of nitrogens with one attached hydrogen (secondary N) is 1. The van der Waals surface area contributed by atoms with Crippen LogP contribution in [-0.2, 0) is 4.79 Å². The molecule has 18 heavy (non-hydrogen) atoms. The second-order valence-corrected chi connectivity index (χ2v) is 5.08. The molecule has 0 saturated carbocycles. The smallest absolute Gasteiger partial charge is 0.223 e. The van der Waals surface area contributed by atoms with Crippen LogP contribution in [-0.4, -0.2) is 29.8 Å². The first kappa shape index (κ1) is 14.8. The Labute approximate surface area is 112 Å². The molecule has 0 aromatic heterocycles. The van der Waals surface area contributed by atoms with Gasteiger partial charge in [0.15, 0.2) is 0 Å². The third kappa shape index (κ3) is 5.38. The van der Waals surface area contributed by atoms with Gasteiger partial charge in [-0.05, 0) is 32.0 Å². The van der Waals surface area contributed by atoms with Crippen LogP contribution in [0.1, 0.15) is 20.3 Å². The molecule has 0 aliphatic carbocycles. The fourth-order valence-corrected chi connectivity index (χ4v) is 1.48. The van der Waals surface area contributed by atoms with E-state index in [0.29, 0.717) is 10.8 Å². The third-order valence-electron chi connectivity index (χ3n) is 2.27. The first-order chi connectivity index (χ1) is 8.43. The molecule has 0 spiro atoms. The molecule has 0 bridgehead atoms. The Bertz CT molecular complexity index is 407. The lowest BCUT2D eigenvalue weighted by Crippen LogP contribution is -2.46. The van der Waals surface area contributed by atoms with E-state index in [0.717, 1.165) is 0 Å². The summed E-state index contributed by atoms with van der Waals surface area (Å²) in [7, 11) is 0. The SMILES string of the molecule is CC(C)(CO)NC(=O)CCOc1cccc(Cl)c1. The van der Waals surface area contributed by atoms with Crippen molar-refractivity contribution in [2.75, 3.05) is 13.2 Å². The molecule has 0 saturated heterocycles. The van der Waals surface area contributed by atoms with E-state index in [4.69, 9.17) is 21.4 Å². The molecule has 2 N–H and O–H groups in total. The summed E-state index contributed by atoms with van der Waals surface area (Å²) in [5.41, 5.74) is -0.604. The molecular weight excluding hydrogens is 254 g/mol. The number of hydrogen-bond donors (Lipinski definition) is 2. The summed E-state index contributed by atoms with van der Waals surface area (Å²) < 4.78 is 5.40. The van der Waals surface area contributed by atoms with Crippen molar-refractivity contribution >= 4 is 17.5 Å². The fraction of sp³-hybridized carbons (Fsp3) is 0.462. The molecule has 1 aromatic rings. The first-order valence-corrected chi connectivity index (χ1v) is 6.11. The van der Waals surface area contributed by atoms with Crippen molar-refractivity contribution in [2.24, 2.45) is 0 Å². The van der Waals surface area contributed by atoms with Crippen molar-refractivity contribution in [1.29, 1.82) is 0 Å². The Morgan fingerprint density at radius 3 is 2.83 bits per heavy atom. The standard InChI is InChI=1S/C13H18ClNO3/c1-13(2,9-16)15-12(17)6-7-18-11-5-3-4-10(14)8-11/h3-5,8,16H,6-7,9H2,1-2H3,(H,15,17). The van der Waals surface area contributed by atoms with Crippen LogP contribution in [0.4, 0.5) is 0 Å². The summed E-state index contributed by atoms with van der Waals surface area (Å²) in [6.45, 7) is 3.67. The molecule has 4 nitrogen and oxygen atoms in total. The third-order valence-corrected chi connectivity index (χ3v) is 2.50. The zero-order chi connectivity index (χ0) is 13.6. The van der Waals surface area contributed by atoms with Crippen molar-refractivity contribution in [3.8, 4) is 5.75 Å². The number of amides is 1. The number of benzene rings is 1. The van der Waals surface area contributed by atoms with E-state index in [1.165, 1.54) is 0 Å². The molecule has 1 aromatic carbocycles. The van der Waals surface area contributed by atoms with E-state index in [-0.39, 0.29) is 25.5 Å². The summed E-state index contributed by atoms with van der Waals surface area (Å²) in [6, 6.07) is 7.01. The van der Waals surface area contributed by atoms with Gasteiger partial charge in [0.25, 0.3) is 0 Å². The van der Waals surface area contributed by atoms with E-state index in [1.807, 2.05) is 0 Å². The van der Waals surface area contributed by atoms with Crippen LogP contribution >= 0.6 is 11.6 Å². The van der Waals surface area contributed by atoms with Crippen LogP contribution in [0, 0.1) is 0 Å². The highest BCUT2D eigenvalue weighted by Gasteiger charge is 2.18. The number of rotatable bonds is 6. The number of halogens is 1. The maximum absolute atomic E-state index is 11.5. The quantitative estimate of drug-likeness (QED) is 0.832. The molecule has 1 amide bonds. The second-order valence-electron chi connectivity index (χ2n) is 4.65. The first-order valence-electron chi connectivity index (χ1n) is 5.73. The zero-order valence-corrected chi connectivity index (χ0v) is 11.3. The molecule has 0 unspecified atom stereocenters. The Hall–Kier alpha value is -1.26. The highest BCUT2D eigenvalue weighted by Crippen LogP contribution is 2.17. The van der Waals surface area contributed by atoms with Gasteiger partial charge in [-0.1, -0.05) is 17.7 Å². The van der Waals surface area contributed by atoms with Gasteiger partial charge in [-0.25, -0.2) is 0 Å².